The first-order valence-corrected chi connectivity index (χ1v) is 6.68. The fourth-order valence-electron chi connectivity index (χ4n) is 1.91. The van der Waals surface area contributed by atoms with Crippen LogP contribution in [-0.2, 0) is 6.54 Å². The van der Waals surface area contributed by atoms with E-state index in [2.05, 4.69) is 25.5 Å². The summed E-state index contributed by atoms with van der Waals surface area (Å²) >= 11 is 0. The van der Waals surface area contributed by atoms with Crippen molar-refractivity contribution in [3.8, 4) is 11.4 Å². The van der Waals surface area contributed by atoms with Crippen LogP contribution in [0, 0.1) is 0 Å². The van der Waals surface area contributed by atoms with Gasteiger partial charge in [0.1, 0.15) is 5.82 Å². The number of aromatic amines is 1. The molecule has 2 aromatic heterocycles. The van der Waals surface area contributed by atoms with Crippen molar-refractivity contribution in [1.29, 1.82) is 0 Å². The number of nitrogens with one attached hydrogen (secondary N) is 2. The summed E-state index contributed by atoms with van der Waals surface area (Å²) < 4.78 is 0. The molecule has 7 nitrogen and oxygen atoms in total. The third-order valence-electron chi connectivity index (χ3n) is 3.06. The first-order valence-electron chi connectivity index (χ1n) is 6.68. The molecule has 0 radical (unpaired) electrons. The predicted octanol–water partition coefficient (Wildman–Crippen LogP) is 1.38. The predicted molar refractivity (Wildman–Crippen MR) is 81.6 cm³/mol. The maximum Gasteiger partial charge on any atom is 0.251 e. The standard InChI is InChI=1S/C15H14N6O/c16-12-3-1-11(2-4-12)15(22)18-9-13-19-14(21-20-13)10-5-7-17-8-6-10/h1-8H,9,16H2,(H,18,22)(H,19,20,21). The van der Waals surface area contributed by atoms with E-state index >= 15 is 0 Å². The van der Waals surface area contributed by atoms with Crippen molar-refractivity contribution < 1.29 is 4.79 Å². The molecule has 0 aliphatic heterocycles. The van der Waals surface area contributed by atoms with Gasteiger partial charge in [-0.1, -0.05) is 0 Å². The van der Waals surface area contributed by atoms with Gasteiger partial charge in [-0.15, -0.1) is 0 Å². The Labute approximate surface area is 126 Å². The van der Waals surface area contributed by atoms with Gasteiger partial charge in [0.05, 0.1) is 6.54 Å². The highest BCUT2D eigenvalue weighted by molar-refractivity contribution is 5.94. The molecule has 0 aliphatic rings. The fourth-order valence-corrected chi connectivity index (χ4v) is 1.91. The Kier molecular flexibility index (Phi) is 3.78. The van der Waals surface area contributed by atoms with Gasteiger partial charge < -0.3 is 11.1 Å². The third kappa shape index (κ3) is 3.09. The summed E-state index contributed by atoms with van der Waals surface area (Å²) in [6.07, 6.45) is 3.35. The van der Waals surface area contributed by atoms with Crippen molar-refractivity contribution >= 4 is 11.6 Å². The van der Waals surface area contributed by atoms with Crippen LogP contribution in [0.3, 0.4) is 0 Å². The zero-order chi connectivity index (χ0) is 15.4. The number of pyridine rings is 1. The largest absolute Gasteiger partial charge is 0.399 e. The molecule has 2 heterocycles. The van der Waals surface area contributed by atoms with E-state index < -0.39 is 0 Å². The summed E-state index contributed by atoms with van der Waals surface area (Å²) in [5, 5.41) is 9.69. The average molecular weight is 294 g/mol. The summed E-state index contributed by atoms with van der Waals surface area (Å²) in [6.45, 7) is 0.265. The molecule has 0 saturated heterocycles. The van der Waals surface area contributed by atoms with Crippen LogP contribution in [0.25, 0.3) is 11.4 Å². The van der Waals surface area contributed by atoms with Gasteiger partial charge in [0.15, 0.2) is 5.82 Å². The first-order chi connectivity index (χ1) is 10.7. The van der Waals surface area contributed by atoms with E-state index in [-0.39, 0.29) is 12.5 Å². The highest BCUT2D eigenvalue weighted by Crippen LogP contribution is 2.12. The van der Waals surface area contributed by atoms with Crippen LogP contribution in [0.5, 0.6) is 0 Å². The molecule has 0 saturated carbocycles. The maximum atomic E-state index is 12.0. The van der Waals surface area contributed by atoms with Crippen LogP contribution >= 0.6 is 0 Å². The number of anilines is 1. The lowest BCUT2D eigenvalue weighted by Crippen LogP contribution is -2.23. The van der Waals surface area contributed by atoms with Gasteiger partial charge in [0.25, 0.3) is 5.91 Å². The minimum absolute atomic E-state index is 0.193. The number of benzene rings is 1. The molecule has 1 aromatic carbocycles. The van der Waals surface area contributed by atoms with Crippen molar-refractivity contribution in [2.24, 2.45) is 0 Å². The number of amides is 1. The second-order valence-electron chi connectivity index (χ2n) is 4.65. The van der Waals surface area contributed by atoms with Crippen LogP contribution in [-0.4, -0.2) is 26.1 Å². The third-order valence-corrected chi connectivity index (χ3v) is 3.06. The van der Waals surface area contributed by atoms with Crippen molar-refractivity contribution in [1.82, 2.24) is 25.5 Å². The number of nitrogens with two attached hydrogens (primary N) is 1. The number of H-pyrrole nitrogens is 1. The molecule has 3 aromatic rings. The van der Waals surface area contributed by atoms with Crippen LogP contribution in [0.1, 0.15) is 16.2 Å². The molecule has 0 spiro atoms. The zero-order valence-corrected chi connectivity index (χ0v) is 11.7. The van der Waals surface area contributed by atoms with Crippen molar-refractivity contribution in [3.05, 3.63) is 60.2 Å². The summed E-state index contributed by atoms with van der Waals surface area (Å²) in [6, 6.07) is 10.4. The van der Waals surface area contributed by atoms with Crippen LogP contribution in [0.4, 0.5) is 5.69 Å². The second-order valence-corrected chi connectivity index (χ2v) is 4.65. The Morgan fingerprint density at radius 1 is 1.14 bits per heavy atom. The summed E-state index contributed by atoms with van der Waals surface area (Å²) in [5.41, 5.74) is 7.62. The summed E-state index contributed by atoms with van der Waals surface area (Å²) in [7, 11) is 0. The fraction of sp³-hybridized carbons (Fsp3) is 0.0667. The van der Waals surface area contributed by atoms with E-state index in [1.807, 2.05) is 12.1 Å². The summed E-state index contributed by atoms with van der Waals surface area (Å²) in [4.78, 5) is 20.3. The Balaban J connectivity index is 1.64. The molecule has 110 valence electrons. The smallest absolute Gasteiger partial charge is 0.251 e. The van der Waals surface area contributed by atoms with Gasteiger partial charge in [-0.05, 0) is 36.4 Å². The number of rotatable bonds is 4. The van der Waals surface area contributed by atoms with Crippen LogP contribution in [0.2, 0.25) is 0 Å². The molecule has 7 heteroatoms. The van der Waals surface area contributed by atoms with E-state index in [9.17, 15) is 4.79 Å². The van der Waals surface area contributed by atoms with Crippen LogP contribution < -0.4 is 11.1 Å². The molecule has 0 atom stereocenters. The van der Waals surface area contributed by atoms with Gasteiger partial charge in [-0.3, -0.25) is 14.9 Å². The van der Waals surface area contributed by atoms with E-state index in [1.54, 1.807) is 36.7 Å². The molecule has 1 amide bonds. The maximum absolute atomic E-state index is 12.0. The molecular weight excluding hydrogens is 280 g/mol. The van der Waals surface area contributed by atoms with Gasteiger partial charge in [-0.25, -0.2) is 4.98 Å². The number of nitrogen functional groups attached to an aromatic ring is 1. The van der Waals surface area contributed by atoms with Crippen molar-refractivity contribution in [3.63, 3.8) is 0 Å². The van der Waals surface area contributed by atoms with E-state index in [1.165, 1.54) is 0 Å². The Morgan fingerprint density at radius 2 is 1.86 bits per heavy atom. The first kappa shape index (κ1) is 13.7. The van der Waals surface area contributed by atoms with Crippen molar-refractivity contribution in [2.75, 3.05) is 5.73 Å². The lowest BCUT2D eigenvalue weighted by molar-refractivity contribution is 0.0950. The molecule has 3 rings (SSSR count). The summed E-state index contributed by atoms with van der Waals surface area (Å²) in [5.74, 6) is 0.955. The van der Waals surface area contributed by atoms with Crippen molar-refractivity contribution in [2.45, 2.75) is 6.54 Å². The number of hydrogen-bond donors (Lipinski definition) is 3. The second kappa shape index (κ2) is 6.04. The highest BCUT2D eigenvalue weighted by Gasteiger charge is 2.08. The Hall–Kier alpha value is -3.22. The number of carbonyl (C=O) groups excluding carboxylic acids is 1. The zero-order valence-electron chi connectivity index (χ0n) is 11.7. The molecule has 0 fully saturated rings. The molecule has 0 aliphatic carbocycles. The number of carbonyl (C=O) groups is 1. The van der Waals surface area contributed by atoms with Crippen LogP contribution in [0.15, 0.2) is 48.8 Å². The molecule has 0 bridgehead atoms. The average Bonchev–Trinajstić information content (AvgIpc) is 3.03. The number of nitrogens with zero attached hydrogens (tertiary/aromatic N) is 3. The van der Waals surface area contributed by atoms with Gasteiger partial charge in [0.2, 0.25) is 0 Å². The Bertz CT molecular complexity index is 766. The Morgan fingerprint density at radius 3 is 2.59 bits per heavy atom. The molecule has 22 heavy (non-hydrogen) atoms. The monoisotopic (exact) mass is 294 g/mol. The normalized spacial score (nSPS) is 10.4. The van der Waals surface area contributed by atoms with Gasteiger partial charge in [0, 0.05) is 29.2 Å². The van der Waals surface area contributed by atoms with Gasteiger partial charge >= 0.3 is 0 Å². The minimum Gasteiger partial charge on any atom is -0.399 e. The molecular formula is C15H14N6O. The van der Waals surface area contributed by atoms with E-state index in [0.29, 0.717) is 22.9 Å². The molecule has 0 unspecified atom stereocenters. The quantitative estimate of drug-likeness (QED) is 0.630. The van der Waals surface area contributed by atoms with Gasteiger partial charge in [-0.2, -0.15) is 5.10 Å². The lowest BCUT2D eigenvalue weighted by atomic mass is 10.2. The SMILES string of the molecule is Nc1ccc(C(=O)NCc2nc(-c3ccncc3)n[nH]2)cc1. The molecule has 4 N–H and O–H groups in total. The van der Waals surface area contributed by atoms with E-state index in [4.69, 9.17) is 5.73 Å². The lowest BCUT2D eigenvalue weighted by Gasteiger charge is -2.03. The minimum atomic E-state index is -0.193. The van der Waals surface area contributed by atoms with E-state index in [0.717, 1.165) is 5.56 Å². The number of aromatic nitrogens is 4. The highest BCUT2D eigenvalue weighted by atomic mass is 16.1. The topological polar surface area (TPSA) is 110 Å². The number of hydrogen-bond acceptors (Lipinski definition) is 5.